The number of nitrogens with one attached hydrogen (secondary N) is 3. The van der Waals surface area contributed by atoms with Gasteiger partial charge in [-0.3, -0.25) is 14.4 Å². The van der Waals surface area contributed by atoms with E-state index < -0.39 is 11.8 Å². The molecular formula is C18H20Cl2N4O3S. The lowest BCUT2D eigenvalue weighted by Crippen LogP contribution is -2.41. The normalized spacial score (nSPS) is 10.6. The first kappa shape index (κ1) is 22.1. The third-order valence-electron chi connectivity index (χ3n) is 3.56. The Labute approximate surface area is 176 Å². The quantitative estimate of drug-likeness (QED) is 0.584. The summed E-state index contributed by atoms with van der Waals surface area (Å²) >= 11 is 13.3. The highest BCUT2D eigenvalue weighted by Gasteiger charge is 2.13. The molecule has 0 unspecified atom stereocenters. The Bertz CT molecular complexity index is 870. The molecule has 3 N–H and O–H groups in total. The van der Waals surface area contributed by atoms with Gasteiger partial charge in [0.15, 0.2) is 0 Å². The minimum Gasteiger partial charge on any atom is -0.349 e. The lowest BCUT2D eigenvalue weighted by Gasteiger charge is -2.08. The summed E-state index contributed by atoms with van der Waals surface area (Å²) in [5.74, 6) is -1.01. The number of benzene rings is 1. The number of nitrogens with zero attached hydrogens (tertiary/aromatic N) is 1. The third-order valence-corrected chi connectivity index (χ3v) is 5.30. The highest BCUT2D eigenvalue weighted by molar-refractivity contribution is 7.09. The Balaban J connectivity index is 1.69. The second-order valence-corrected chi connectivity index (χ2v) is 7.93. The summed E-state index contributed by atoms with van der Waals surface area (Å²) in [6, 6.07) is 4.43. The fourth-order valence-corrected chi connectivity index (χ4v) is 3.42. The van der Waals surface area contributed by atoms with E-state index >= 15 is 0 Å². The predicted octanol–water partition coefficient (Wildman–Crippen LogP) is 2.74. The molecule has 28 heavy (non-hydrogen) atoms. The fraction of sp³-hybridized carbons (Fsp3) is 0.333. The number of amides is 3. The van der Waals surface area contributed by atoms with Crippen molar-refractivity contribution in [2.24, 2.45) is 0 Å². The van der Waals surface area contributed by atoms with E-state index in [-0.39, 0.29) is 29.6 Å². The summed E-state index contributed by atoms with van der Waals surface area (Å²) in [4.78, 5) is 40.1. The summed E-state index contributed by atoms with van der Waals surface area (Å²) < 4.78 is 0. The van der Waals surface area contributed by atoms with Crippen LogP contribution in [0.15, 0.2) is 23.6 Å². The maximum Gasteiger partial charge on any atom is 0.253 e. The molecule has 1 heterocycles. The van der Waals surface area contributed by atoms with Crippen LogP contribution in [-0.4, -0.2) is 35.8 Å². The molecule has 0 aliphatic carbocycles. The van der Waals surface area contributed by atoms with Gasteiger partial charge in [-0.25, -0.2) is 4.98 Å². The van der Waals surface area contributed by atoms with Gasteiger partial charge in [0.25, 0.3) is 5.91 Å². The topological polar surface area (TPSA) is 100 Å². The molecule has 0 fully saturated rings. The summed E-state index contributed by atoms with van der Waals surface area (Å²) in [6.07, 6.45) is 0. The second kappa shape index (κ2) is 10.4. The van der Waals surface area contributed by atoms with Crippen LogP contribution >= 0.6 is 34.5 Å². The molecule has 0 spiro atoms. The molecule has 2 rings (SSSR count). The molecule has 7 nitrogen and oxygen atoms in total. The van der Waals surface area contributed by atoms with Gasteiger partial charge in [0.2, 0.25) is 11.8 Å². The smallest absolute Gasteiger partial charge is 0.253 e. The summed E-state index contributed by atoms with van der Waals surface area (Å²) in [6.45, 7) is 3.92. The molecule has 1 aromatic heterocycles. The van der Waals surface area contributed by atoms with Crippen LogP contribution in [0.1, 0.15) is 40.8 Å². The Morgan fingerprint density at radius 2 is 1.75 bits per heavy atom. The van der Waals surface area contributed by atoms with E-state index in [1.807, 2.05) is 5.38 Å². The first-order valence-electron chi connectivity index (χ1n) is 8.47. The van der Waals surface area contributed by atoms with E-state index in [2.05, 4.69) is 34.8 Å². The molecule has 0 aliphatic rings. The minimum atomic E-state index is -0.509. The van der Waals surface area contributed by atoms with E-state index in [1.165, 1.54) is 18.2 Å². The SMILES string of the molecule is CC(C)c1nc(CNC(=O)CNC(=O)CNC(=O)c2ccc(Cl)cc2Cl)cs1. The molecule has 150 valence electrons. The van der Waals surface area contributed by atoms with Crippen LogP contribution in [-0.2, 0) is 16.1 Å². The van der Waals surface area contributed by atoms with Gasteiger partial charge in [0, 0.05) is 16.3 Å². The van der Waals surface area contributed by atoms with Gasteiger partial charge in [-0.15, -0.1) is 11.3 Å². The third kappa shape index (κ3) is 6.78. The number of aromatic nitrogens is 1. The lowest BCUT2D eigenvalue weighted by atomic mass is 10.2. The van der Waals surface area contributed by atoms with E-state index in [4.69, 9.17) is 23.2 Å². The van der Waals surface area contributed by atoms with E-state index in [0.717, 1.165) is 10.7 Å². The zero-order chi connectivity index (χ0) is 20.7. The molecule has 2 aromatic rings. The van der Waals surface area contributed by atoms with Gasteiger partial charge in [0.1, 0.15) is 0 Å². The maximum atomic E-state index is 12.0. The molecule has 0 saturated heterocycles. The van der Waals surface area contributed by atoms with Crippen molar-refractivity contribution >= 4 is 52.3 Å². The van der Waals surface area contributed by atoms with Crippen LogP contribution < -0.4 is 16.0 Å². The van der Waals surface area contributed by atoms with Crippen molar-refractivity contribution in [3.8, 4) is 0 Å². The standard InChI is InChI=1S/C18H20Cl2N4O3S/c1-10(2)18-24-12(9-28-18)6-21-15(25)7-22-16(26)8-23-17(27)13-4-3-11(19)5-14(13)20/h3-5,9-10H,6-8H2,1-2H3,(H,21,25)(H,22,26)(H,23,27). The molecule has 0 atom stereocenters. The van der Waals surface area contributed by atoms with E-state index in [0.29, 0.717) is 17.5 Å². The minimum absolute atomic E-state index is 0.187. The van der Waals surface area contributed by atoms with Gasteiger partial charge < -0.3 is 16.0 Å². The van der Waals surface area contributed by atoms with E-state index in [1.54, 1.807) is 11.3 Å². The van der Waals surface area contributed by atoms with Gasteiger partial charge in [-0.05, 0) is 18.2 Å². The van der Waals surface area contributed by atoms with Gasteiger partial charge >= 0.3 is 0 Å². The first-order chi connectivity index (χ1) is 13.3. The average molecular weight is 443 g/mol. The van der Waals surface area contributed by atoms with Crippen molar-refractivity contribution in [1.82, 2.24) is 20.9 Å². The monoisotopic (exact) mass is 442 g/mol. The lowest BCUT2D eigenvalue weighted by molar-refractivity contribution is -0.125. The first-order valence-corrected chi connectivity index (χ1v) is 10.1. The molecular weight excluding hydrogens is 423 g/mol. The van der Waals surface area contributed by atoms with Gasteiger partial charge in [-0.1, -0.05) is 37.0 Å². The molecule has 10 heteroatoms. The summed E-state index contributed by atoms with van der Waals surface area (Å²) in [5.41, 5.74) is 0.987. The zero-order valence-corrected chi connectivity index (χ0v) is 17.7. The number of hydrogen-bond acceptors (Lipinski definition) is 5. The van der Waals surface area contributed by atoms with Crippen LogP contribution in [0, 0.1) is 0 Å². The maximum absolute atomic E-state index is 12.0. The van der Waals surface area contributed by atoms with Crippen molar-refractivity contribution in [1.29, 1.82) is 0 Å². The van der Waals surface area contributed by atoms with E-state index in [9.17, 15) is 14.4 Å². The second-order valence-electron chi connectivity index (χ2n) is 6.19. The largest absolute Gasteiger partial charge is 0.349 e. The number of halogens is 2. The van der Waals surface area contributed by atoms with Gasteiger partial charge in [-0.2, -0.15) is 0 Å². The van der Waals surface area contributed by atoms with Crippen molar-refractivity contribution in [3.63, 3.8) is 0 Å². The van der Waals surface area contributed by atoms with Crippen LogP contribution in [0.4, 0.5) is 0 Å². The molecule has 3 amide bonds. The highest BCUT2D eigenvalue weighted by Crippen LogP contribution is 2.21. The van der Waals surface area contributed by atoms with Crippen LogP contribution in [0.25, 0.3) is 0 Å². The van der Waals surface area contributed by atoms with Crippen LogP contribution in [0.2, 0.25) is 10.0 Å². The Morgan fingerprint density at radius 1 is 1.07 bits per heavy atom. The molecule has 0 aliphatic heterocycles. The van der Waals surface area contributed by atoms with Crippen LogP contribution in [0.3, 0.4) is 0 Å². The zero-order valence-electron chi connectivity index (χ0n) is 15.3. The summed E-state index contributed by atoms with van der Waals surface area (Å²) in [5, 5.41) is 11.0. The Hall–Kier alpha value is -2.16. The summed E-state index contributed by atoms with van der Waals surface area (Å²) in [7, 11) is 0. The van der Waals surface area contributed by atoms with Crippen molar-refractivity contribution < 1.29 is 14.4 Å². The highest BCUT2D eigenvalue weighted by atomic mass is 35.5. The average Bonchev–Trinajstić information content (AvgIpc) is 3.12. The van der Waals surface area contributed by atoms with Crippen LogP contribution in [0.5, 0.6) is 0 Å². The fourth-order valence-electron chi connectivity index (χ4n) is 2.09. The number of carbonyl (C=O) groups is 3. The van der Waals surface area contributed by atoms with Crippen molar-refractivity contribution in [2.45, 2.75) is 26.3 Å². The molecule has 1 aromatic carbocycles. The molecule has 0 radical (unpaired) electrons. The molecule has 0 bridgehead atoms. The van der Waals surface area contributed by atoms with Crippen molar-refractivity contribution in [3.05, 3.63) is 49.9 Å². The Morgan fingerprint density at radius 3 is 2.39 bits per heavy atom. The predicted molar refractivity (Wildman–Crippen MR) is 110 cm³/mol. The Kier molecular flexibility index (Phi) is 8.22. The van der Waals surface area contributed by atoms with Crippen molar-refractivity contribution in [2.75, 3.05) is 13.1 Å². The number of hydrogen-bond donors (Lipinski definition) is 3. The number of carbonyl (C=O) groups excluding carboxylic acids is 3. The number of rotatable bonds is 8. The number of thiazole rings is 1. The molecule has 0 saturated carbocycles. The van der Waals surface area contributed by atoms with Gasteiger partial charge in [0.05, 0.1) is 40.9 Å².